The fraction of sp³-hybridized carbons (Fsp3) is 0.643. The van der Waals surface area contributed by atoms with Crippen molar-refractivity contribution < 1.29 is 9.53 Å². The Morgan fingerprint density at radius 1 is 1.38 bits per heavy atom. The fourth-order valence-electron chi connectivity index (χ4n) is 1.31. The van der Waals surface area contributed by atoms with E-state index in [9.17, 15) is 9.59 Å². The van der Waals surface area contributed by atoms with E-state index in [1.165, 1.54) is 17.8 Å². The van der Waals surface area contributed by atoms with Crippen molar-refractivity contribution in [2.75, 3.05) is 12.4 Å². The molecular formula is C14H22N2O3S2. The predicted molar refractivity (Wildman–Crippen MR) is 87.8 cm³/mol. The van der Waals surface area contributed by atoms with Gasteiger partial charge in [0.15, 0.2) is 5.16 Å². The molecule has 0 unspecified atom stereocenters. The first-order valence-corrected chi connectivity index (χ1v) is 8.90. The second kappa shape index (κ2) is 9.15. The molecule has 118 valence electrons. The zero-order valence-electron chi connectivity index (χ0n) is 12.8. The number of hydrogen-bond acceptors (Lipinski definition) is 6. The topological polar surface area (TPSA) is 72.0 Å². The van der Waals surface area contributed by atoms with Crippen LogP contribution in [0.2, 0.25) is 0 Å². The average Bonchev–Trinajstić information content (AvgIpc) is 2.40. The average molecular weight is 330 g/mol. The molecule has 0 spiro atoms. The van der Waals surface area contributed by atoms with Gasteiger partial charge in [-0.1, -0.05) is 39.5 Å². The Morgan fingerprint density at radius 2 is 2.10 bits per heavy atom. The minimum absolute atomic E-state index is 0.149. The van der Waals surface area contributed by atoms with E-state index in [2.05, 4.69) is 23.8 Å². The van der Waals surface area contributed by atoms with Crippen molar-refractivity contribution in [1.82, 2.24) is 9.97 Å². The van der Waals surface area contributed by atoms with E-state index in [0.29, 0.717) is 28.7 Å². The first-order chi connectivity index (χ1) is 9.86. The highest BCUT2D eigenvalue weighted by molar-refractivity contribution is 7.99. The summed E-state index contributed by atoms with van der Waals surface area (Å²) in [4.78, 5) is 30.1. The van der Waals surface area contributed by atoms with E-state index in [0.717, 1.165) is 5.69 Å². The third kappa shape index (κ3) is 8.16. The highest BCUT2D eigenvalue weighted by Gasteiger charge is 2.09. The summed E-state index contributed by atoms with van der Waals surface area (Å²) in [5.74, 6) is 0.857. The molecule has 0 atom stereocenters. The SMILES string of the molecule is CC(C)COC(=O)CSc1nc(CSC(C)C)cc(=O)[nH]1. The van der Waals surface area contributed by atoms with Crippen molar-refractivity contribution in [3.05, 3.63) is 22.1 Å². The Labute approximate surface area is 133 Å². The van der Waals surface area contributed by atoms with Crippen molar-refractivity contribution >= 4 is 29.5 Å². The van der Waals surface area contributed by atoms with E-state index in [1.54, 1.807) is 11.8 Å². The van der Waals surface area contributed by atoms with Crippen LogP contribution in [0, 0.1) is 5.92 Å². The predicted octanol–water partition coefficient (Wildman–Crippen LogP) is 2.70. The highest BCUT2D eigenvalue weighted by atomic mass is 32.2. The van der Waals surface area contributed by atoms with Gasteiger partial charge in [-0.2, -0.15) is 11.8 Å². The van der Waals surface area contributed by atoms with Crippen LogP contribution in [0.4, 0.5) is 0 Å². The van der Waals surface area contributed by atoms with Gasteiger partial charge in [0.1, 0.15) is 0 Å². The molecule has 0 radical (unpaired) electrons. The fourth-order valence-corrected chi connectivity index (χ4v) is 2.65. The number of rotatable bonds is 8. The van der Waals surface area contributed by atoms with Gasteiger partial charge in [0.25, 0.3) is 5.56 Å². The molecule has 0 amide bonds. The number of aromatic amines is 1. The Kier molecular flexibility index (Phi) is 7.88. The first-order valence-electron chi connectivity index (χ1n) is 6.87. The summed E-state index contributed by atoms with van der Waals surface area (Å²) in [5, 5.41) is 0.941. The van der Waals surface area contributed by atoms with Gasteiger partial charge in [-0.15, -0.1) is 0 Å². The molecule has 5 nitrogen and oxygen atoms in total. The minimum atomic E-state index is -0.293. The molecule has 1 aromatic rings. The Morgan fingerprint density at radius 3 is 2.71 bits per heavy atom. The lowest BCUT2D eigenvalue weighted by Gasteiger charge is -2.07. The van der Waals surface area contributed by atoms with E-state index in [-0.39, 0.29) is 17.3 Å². The van der Waals surface area contributed by atoms with Gasteiger partial charge in [0, 0.05) is 11.8 Å². The van der Waals surface area contributed by atoms with Crippen LogP contribution in [-0.2, 0) is 15.3 Å². The molecule has 1 aromatic heterocycles. The van der Waals surface area contributed by atoms with E-state index in [1.807, 2.05) is 13.8 Å². The Balaban J connectivity index is 2.54. The van der Waals surface area contributed by atoms with Gasteiger partial charge in [-0.05, 0) is 11.2 Å². The lowest BCUT2D eigenvalue weighted by molar-refractivity contribution is -0.141. The van der Waals surface area contributed by atoms with E-state index in [4.69, 9.17) is 4.74 Å². The quantitative estimate of drug-likeness (QED) is 0.449. The lowest BCUT2D eigenvalue weighted by atomic mass is 10.2. The standard InChI is InChI=1S/C14H22N2O3S2/c1-9(2)6-19-13(18)8-21-14-15-11(5-12(17)16-14)7-20-10(3)4/h5,9-10H,6-8H2,1-4H3,(H,15,16,17). The van der Waals surface area contributed by atoms with Crippen LogP contribution in [0.25, 0.3) is 0 Å². The minimum Gasteiger partial charge on any atom is -0.465 e. The number of esters is 1. The van der Waals surface area contributed by atoms with E-state index < -0.39 is 0 Å². The van der Waals surface area contributed by atoms with Gasteiger partial charge in [0.05, 0.1) is 18.1 Å². The number of H-pyrrole nitrogens is 1. The molecule has 0 aliphatic heterocycles. The molecule has 7 heteroatoms. The van der Waals surface area contributed by atoms with Gasteiger partial charge in [-0.3, -0.25) is 9.59 Å². The summed E-state index contributed by atoms with van der Waals surface area (Å²) in [6, 6.07) is 1.50. The molecule has 1 heterocycles. The zero-order valence-corrected chi connectivity index (χ0v) is 14.5. The summed E-state index contributed by atoms with van der Waals surface area (Å²) < 4.78 is 5.08. The third-order valence-corrected chi connectivity index (χ3v) is 4.22. The van der Waals surface area contributed by atoms with Crippen molar-refractivity contribution in [2.45, 2.75) is 43.9 Å². The molecule has 21 heavy (non-hydrogen) atoms. The molecule has 0 fully saturated rings. The number of aromatic nitrogens is 2. The number of ether oxygens (including phenoxy) is 1. The second-order valence-corrected chi connectivity index (χ2v) is 7.80. The van der Waals surface area contributed by atoms with Crippen LogP contribution in [0.15, 0.2) is 16.0 Å². The number of hydrogen-bond donors (Lipinski definition) is 1. The number of carbonyl (C=O) groups is 1. The molecule has 0 aromatic carbocycles. The first kappa shape index (κ1) is 18.1. The van der Waals surface area contributed by atoms with Crippen molar-refractivity contribution in [3.8, 4) is 0 Å². The summed E-state index contributed by atoms with van der Waals surface area (Å²) in [7, 11) is 0. The van der Waals surface area contributed by atoms with Crippen LogP contribution >= 0.6 is 23.5 Å². The molecule has 0 aliphatic rings. The van der Waals surface area contributed by atoms with Crippen LogP contribution in [-0.4, -0.2) is 33.5 Å². The van der Waals surface area contributed by atoms with Gasteiger partial charge >= 0.3 is 5.97 Å². The number of nitrogens with one attached hydrogen (secondary N) is 1. The van der Waals surface area contributed by atoms with E-state index >= 15 is 0 Å². The number of thioether (sulfide) groups is 2. The van der Waals surface area contributed by atoms with Gasteiger partial charge < -0.3 is 9.72 Å². The molecule has 1 N–H and O–H groups in total. The lowest BCUT2D eigenvalue weighted by Crippen LogP contribution is -2.14. The Hall–Kier alpha value is -0.950. The smallest absolute Gasteiger partial charge is 0.316 e. The molecule has 0 aliphatic carbocycles. The summed E-state index contributed by atoms with van der Waals surface area (Å²) in [6.45, 7) is 8.57. The monoisotopic (exact) mass is 330 g/mol. The number of nitrogens with zero attached hydrogens (tertiary/aromatic N) is 1. The third-order valence-electron chi connectivity index (χ3n) is 2.24. The van der Waals surface area contributed by atoms with Crippen LogP contribution < -0.4 is 5.56 Å². The van der Waals surface area contributed by atoms with Crippen LogP contribution in [0.3, 0.4) is 0 Å². The molecule has 1 rings (SSSR count). The second-order valence-electron chi connectivity index (χ2n) is 5.27. The van der Waals surface area contributed by atoms with Crippen LogP contribution in [0.1, 0.15) is 33.4 Å². The zero-order chi connectivity index (χ0) is 15.8. The van der Waals surface area contributed by atoms with Gasteiger partial charge in [-0.25, -0.2) is 4.98 Å². The highest BCUT2D eigenvalue weighted by Crippen LogP contribution is 2.17. The van der Waals surface area contributed by atoms with Crippen molar-refractivity contribution in [1.29, 1.82) is 0 Å². The maximum Gasteiger partial charge on any atom is 0.316 e. The van der Waals surface area contributed by atoms with Crippen LogP contribution in [0.5, 0.6) is 0 Å². The molecule has 0 saturated carbocycles. The van der Waals surface area contributed by atoms with Crippen molar-refractivity contribution in [2.24, 2.45) is 5.92 Å². The number of carbonyl (C=O) groups excluding carboxylic acids is 1. The normalized spacial score (nSPS) is 11.1. The Bertz CT molecular complexity index is 515. The maximum atomic E-state index is 11.6. The molecular weight excluding hydrogens is 308 g/mol. The summed E-state index contributed by atoms with van der Waals surface area (Å²) in [6.07, 6.45) is 0. The maximum absolute atomic E-state index is 11.6. The largest absolute Gasteiger partial charge is 0.465 e. The summed E-state index contributed by atoms with van der Waals surface area (Å²) >= 11 is 2.91. The molecule has 0 saturated heterocycles. The van der Waals surface area contributed by atoms with Gasteiger partial charge in [0.2, 0.25) is 0 Å². The summed E-state index contributed by atoms with van der Waals surface area (Å²) in [5.41, 5.74) is 0.540. The molecule has 0 bridgehead atoms. The van der Waals surface area contributed by atoms with Crippen molar-refractivity contribution in [3.63, 3.8) is 0 Å².